The van der Waals surface area contributed by atoms with Gasteiger partial charge >= 0.3 is 0 Å². The lowest BCUT2D eigenvalue weighted by Gasteiger charge is -2.07. The molecule has 1 nitrogen and oxygen atoms in total. The highest BCUT2D eigenvalue weighted by atomic mass is 16.5. The molecule has 0 aliphatic rings. The van der Waals surface area contributed by atoms with Crippen molar-refractivity contribution in [3.8, 4) is 11.5 Å². The number of aryl methyl sites for hydroxylation is 1. The minimum atomic E-state index is 0.792. The maximum atomic E-state index is 5.78. The molecule has 0 atom stereocenters. The van der Waals surface area contributed by atoms with Gasteiger partial charge in [0.1, 0.15) is 11.5 Å². The van der Waals surface area contributed by atoms with Crippen LogP contribution in [0.15, 0.2) is 54.6 Å². The minimum Gasteiger partial charge on any atom is -0.457 e. The Bertz CT molecular complexity index is 471. The van der Waals surface area contributed by atoms with Crippen molar-refractivity contribution >= 4 is 0 Å². The number of para-hydroxylation sites is 1. The lowest BCUT2D eigenvalue weighted by molar-refractivity contribution is 0.482. The van der Waals surface area contributed by atoms with Crippen LogP contribution < -0.4 is 4.74 Å². The molecule has 0 unspecified atom stereocenters. The zero-order valence-corrected chi connectivity index (χ0v) is 11.8. The van der Waals surface area contributed by atoms with E-state index in [1.165, 1.54) is 18.4 Å². The molecule has 0 heterocycles. The van der Waals surface area contributed by atoms with E-state index in [0.717, 1.165) is 23.8 Å². The Hall–Kier alpha value is -1.76. The molecule has 0 fully saturated rings. The van der Waals surface area contributed by atoms with Crippen LogP contribution in [0.2, 0.25) is 0 Å². The van der Waals surface area contributed by atoms with E-state index in [4.69, 9.17) is 4.74 Å². The zero-order chi connectivity index (χ0) is 13.5. The predicted octanol–water partition coefficient (Wildman–Crippen LogP) is 5.46. The largest absolute Gasteiger partial charge is 0.457 e. The van der Waals surface area contributed by atoms with Crippen LogP contribution >= 0.6 is 0 Å². The lowest BCUT2D eigenvalue weighted by atomic mass is 10.0. The van der Waals surface area contributed by atoms with Crippen LogP contribution in [-0.2, 0) is 6.42 Å². The fourth-order valence-electron chi connectivity index (χ4n) is 2.06. The van der Waals surface area contributed by atoms with Gasteiger partial charge in [-0.3, -0.25) is 0 Å². The van der Waals surface area contributed by atoms with Crippen LogP contribution in [-0.4, -0.2) is 0 Å². The summed E-state index contributed by atoms with van der Waals surface area (Å²) >= 11 is 0. The molecule has 0 aliphatic carbocycles. The van der Waals surface area contributed by atoms with E-state index in [1.807, 2.05) is 30.3 Å². The number of benzene rings is 2. The molecule has 100 valence electrons. The smallest absolute Gasteiger partial charge is 0.127 e. The quantitative estimate of drug-likeness (QED) is 0.665. The maximum absolute atomic E-state index is 5.78. The van der Waals surface area contributed by atoms with Gasteiger partial charge in [-0.05, 0) is 48.6 Å². The summed E-state index contributed by atoms with van der Waals surface area (Å²) in [5.74, 6) is 2.58. The van der Waals surface area contributed by atoms with Crippen LogP contribution in [0.25, 0.3) is 0 Å². The first-order valence-corrected chi connectivity index (χ1v) is 7.06. The summed E-state index contributed by atoms with van der Waals surface area (Å²) in [6, 6.07) is 18.3. The van der Waals surface area contributed by atoms with E-state index >= 15 is 0 Å². The van der Waals surface area contributed by atoms with Gasteiger partial charge in [0, 0.05) is 0 Å². The first-order valence-electron chi connectivity index (χ1n) is 7.06. The highest BCUT2D eigenvalue weighted by molar-refractivity contribution is 5.32. The van der Waals surface area contributed by atoms with Crippen molar-refractivity contribution in [2.45, 2.75) is 33.1 Å². The van der Waals surface area contributed by atoms with Crippen LogP contribution in [0.3, 0.4) is 0 Å². The molecule has 0 saturated heterocycles. The Labute approximate surface area is 116 Å². The molecule has 0 spiro atoms. The molecule has 19 heavy (non-hydrogen) atoms. The zero-order valence-electron chi connectivity index (χ0n) is 11.8. The van der Waals surface area contributed by atoms with E-state index in [9.17, 15) is 0 Å². The van der Waals surface area contributed by atoms with Crippen molar-refractivity contribution in [1.82, 2.24) is 0 Å². The number of hydrogen-bond acceptors (Lipinski definition) is 1. The number of rotatable bonds is 6. The summed E-state index contributed by atoms with van der Waals surface area (Å²) < 4.78 is 5.78. The van der Waals surface area contributed by atoms with Crippen molar-refractivity contribution in [2.24, 2.45) is 5.92 Å². The monoisotopic (exact) mass is 254 g/mol. The summed E-state index contributed by atoms with van der Waals surface area (Å²) in [4.78, 5) is 0. The van der Waals surface area contributed by atoms with Gasteiger partial charge in [0.2, 0.25) is 0 Å². The Kier molecular flexibility index (Phi) is 5.02. The molecule has 0 amide bonds. The SMILES string of the molecule is CC(C)CCCc1ccc(Oc2ccccc2)cc1. The molecule has 0 bridgehead atoms. The van der Waals surface area contributed by atoms with Crippen LogP contribution in [0, 0.1) is 5.92 Å². The van der Waals surface area contributed by atoms with Gasteiger partial charge in [0.05, 0.1) is 0 Å². The van der Waals surface area contributed by atoms with Gasteiger partial charge < -0.3 is 4.74 Å². The third kappa shape index (κ3) is 4.78. The van der Waals surface area contributed by atoms with Crippen molar-refractivity contribution in [3.63, 3.8) is 0 Å². The molecule has 0 N–H and O–H groups in total. The Morgan fingerprint density at radius 3 is 2.11 bits per heavy atom. The normalized spacial score (nSPS) is 10.7. The summed E-state index contributed by atoms with van der Waals surface area (Å²) in [5, 5.41) is 0. The van der Waals surface area contributed by atoms with E-state index in [1.54, 1.807) is 0 Å². The molecular formula is C18H22O. The average Bonchev–Trinajstić information content (AvgIpc) is 2.42. The van der Waals surface area contributed by atoms with E-state index in [2.05, 4.69) is 38.1 Å². The summed E-state index contributed by atoms with van der Waals surface area (Å²) in [7, 11) is 0. The Morgan fingerprint density at radius 2 is 1.47 bits per heavy atom. The van der Waals surface area contributed by atoms with E-state index in [0.29, 0.717) is 0 Å². The van der Waals surface area contributed by atoms with Gasteiger partial charge in [-0.25, -0.2) is 0 Å². The van der Waals surface area contributed by atoms with Gasteiger partial charge in [0.25, 0.3) is 0 Å². The highest BCUT2D eigenvalue weighted by Crippen LogP contribution is 2.21. The predicted molar refractivity (Wildman–Crippen MR) is 80.7 cm³/mol. The topological polar surface area (TPSA) is 9.23 Å². The summed E-state index contributed by atoms with van der Waals surface area (Å²) in [6.07, 6.45) is 3.71. The second-order valence-electron chi connectivity index (χ2n) is 5.35. The first kappa shape index (κ1) is 13.7. The third-order valence-electron chi connectivity index (χ3n) is 3.15. The highest BCUT2D eigenvalue weighted by Gasteiger charge is 1.99. The van der Waals surface area contributed by atoms with Crippen molar-refractivity contribution in [2.75, 3.05) is 0 Å². The van der Waals surface area contributed by atoms with Crippen molar-refractivity contribution in [3.05, 3.63) is 60.2 Å². The van der Waals surface area contributed by atoms with E-state index < -0.39 is 0 Å². The van der Waals surface area contributed by atoms with Crippen LogP contribution in [0.5, 0.6) is 11.5 Å². The summed E-state index contributed by atoms with van der Waals surface area (Å²) in [5.41, 5.74) is 1.39. The molecule has 2 aromatic carbocycles. The molecule has 1 heteroatoms. The molecule has 0 radical (unpaired) electrons. The molecule has 0 aromatic heterocycles. The van der Waals surface area contributed by atoms with Gasteiger partial charge in [0.15, 0.2) is 0 Å². The standard InChI is InChI=1S/C18H22O/c1-15(2)7-6-8-16-11-13-18(14-12-16)19-17-9-4-3-5-10-17/h3-5,9-15H,6-8H2,1-2H3. The van der Waals surface area contributed by atoms with Crippen LogP contribution in [0.1, 0.15) is 32.3 Å². The van der Waals surface area contributed by atoms with E-state index in [-0.39, 0.29) is 0 Å². The fourth-order valence-corrected chi connectivity index (χ4v) is 2.06. The minimum absolute atomic E-state index is 0.792. The number of hydrogen-bond donors (Lipinski definition) is 0. The van der Waals surface area contributed by atoms with Gasteiger partial charge in [-0.15, -0.1) is 0 Å². The fraction of sp³-hybridized carbons (Fsp3) is 0.333. The maximum Gasteiger partial charge on any atom is 0.127 e. The van der Waals surface area contributed by atoms with Crippen LogP contribution in [0.4, 0.5) is 0 Å². The Balaban J connectivity index is 1.88. The second kappa shape index (κ2) is 6.98. The van der Waals surface area contributed by atoms with Crippen molar-refractivity contribution < 1.29 is 4.74 Å². The molecule has 2 aromatic rings. The third-order valence-corrected chi connectivity index (χ3v) is 3.15. The summed E-state index contributed by atoms with van der Waals surface area (Å²) in [6.45, 7) is 4.55. The molecular weight excluding hydrogens is 232 g/mol. The van der Waals surface area contributed by atoms with Gasteiger partial charge in [-0.2, -0.15) is 0 Å². The van der Waals surface area contributed by atoms with Gasteiger partial charge in [-0.1, -0.05) is 50.6 Å². The lowest BCUT2D eigenvalue weighted by Crippen LogP contribution is -1.91. The Morgan fingerprint density at radius 1 is 0.842 bits per heavy atom. The molecule has 0 aliphatic heterocycles. The van der Waals surface area contributed by atoms with Crippen molar-refractivity contribution in [1.29, 1.82) is 0 Å². The molecule has 0 saturated carbocycles. The second-order valence-corrected chi connectivity index (χ2v) is 5.35. The number of ether oxygens (including phenoxy) is 1. The average molecular weight is 254 g/mol. The first-order chi connectivity index (χ1) is 9.24. The molecule has 2 rings (SSSR count).